The third-order valence-corrected chi connectivity index (χ3v) is 5.27. The molecule has 1 aromatic carbocycles. The molecule has 2 unspecified atom stereocenters. The summed E-state index contributed by atoms with van der Waals surface area (Å²) >= 11 is 1.86. The molecule has 1 fully saturated rings. The van der Waals surface area contributed by atoms with Gasteiger partial charge < -0.3 is 5.32 Å². The predicted molar refractivity (Wildman–Crippen MR) is 86.4 cm³/mol. The van der Waals surface area contributed by atoms with E-state index in [-0.39, 0.29) is 0 Å². The molecule has 0 saturated heterocycles. The van der Waals surface area contributed by atoms with Crippen LogP contribution in [-0.4, -0.2) is 21.9 Å². The highest BCUT2D eigenvalue weighted by atomic mass is 32.2. The quantitative estimate of drug-likeness (QED) is 0.862. The summed E-state index contributed by atoms with van der Waals surface area (Å²) in [6, 6.07) is 10.9. The molecule has 1 saturated carbocycles. The van der Waals surface area contributed by atoms with Gasteiger partial charge in [-0.15, -0.1) is 0 Å². The molecule has 1 aliphatic heterocycles. The highest BCUT2D eigenvalue weighted by Gasteiger charge is 2.30. The fourth-order valence-electron chi connectivity index (χ4n) is 3.10. The van der Waals surface area contributed by atoms with E-state index in [1.165, 1.54) is 25.0 Å². The summed E-state index contributed by atoms with van der Waals surface area (Å²) in [7, 11) is 0. The third kappa shape index (κ3) is 2.29. The van der Waals surface area contributed by atoms with Crippen molar-refractivity contribution < 1.29 is 0 Å². The van der Waals surface area contributed by atoms with Crippen molar-refractivity contribution in [3.05, 3.63) is 36.5 Å². The summed E-state index contributed by atoms with van der Waals surface area (Å²) in [5.41, 5.74) is 2.14. The van der Waals surface area contributed by atoms with Crippen molar-refractivity contribution in [3.8, 4) is 0 Å². The SMILES string of the molecule is c1cnc2ccc(NC3=NC4CCCC4CS3)cc2c1. The summed E-state index contributed by atoms with van der Waals surface area (Å²) in [6.07, 6.45) is 5.79. The fraction of sp³-hybridized carbons (Fsp3) is 0.375. The molecule has 0 bridgehead atoms. The zero-order chi connectivity index (χ0) is 13.4. The molecule has 1 N–H and O–H groups in total. The van der Waals surface area contributed by atoms with Gasteiger partial charge in [-0.05, 0) is 43.0 Å². The number of pyridine rings is 1. The first-order chi connectivity index (χ1) is 9.88. The molecule has 0 spiro atoms. The number of thioether (sulfide) groups is 1. The minimum absolute atomic E-state index is 0.556. The van der Waals surface area contributed by atoms with Crippen LogP contribution in [0.15, 0.2) is 41.5 Å². The molecule has 20 heavy (non-hydrogen) atoms. The van der Waals surface area contributed by atoms with Gasteiger partial charge in [0.25, 0.3) is 0 Å². The Balaban J connectivity index is 1.58. The van der Waals surface area contributed by atoms with Crippen LogP contribution in [-0.2, 0) is 0 Å². The number of nitrogens with one attached hydrogen (secondary N) is 1. The number of benzene rings is 1. The van der Waals surface area contributed by atoms with E-state index >= 15 is 0 Å². The number of fused-ring (bicyclic) bond motifs is 2. The van der Waals surface area contributed by atoms with Crippen molar-refractivity contribution >= 4 is 33.5 Å². The fourth-order valence-corrected chi connectivity index (χ4v) is 4.26. The standard InChI is InChI=1S/C16H17N3S/c1-3-12-10-20-16(19-15(12)5-1)18-13-6-7-14-11(9-13)4-2-8-17-14/h2,4,6-9,12,15H,1,3,5,10H2,(H,18,19). The first kappa shape index (κ1) is 12.2. The first-order valence-corrected chi connectivity index (χ1v) is 8.19. The van der Waals surface area contributed by atoms with E-state index in [0.717, 1.165) is 27.7 Å². The molecule has 1 aliphatic carbocycles. The van der Waals surface area contributed by atoms with E-state index in [4.69, 9.17) is 4.99 Å². The second-order valence-electron chi connectivity index (χ2n) is 5.54. The van der Waals surface area contributed by atoms with Crippen molar-refractivity contribution in [2.24, 2.45) is 10.9 Å². The number of rotatable bonds is 1. The van der Waals surface area contributed by atoms with E-state index in [1.807, 2.05) is 24.0 Å². The van der Waals surface area contributed by atoms with Crippen molar-refractivity contribution in [1.82, 2.24) is 4.98 Å². The number of aromatic nitrogens is 1. The normalized spacial score (nSPS) is 25.3. The molecular formula is C16H17N3S. The smallest absolute Gasteiger partial charge is 0.161 e. The maximum atomic E-state index is 4.87. The molecule has 2 aliphatic rings. The third-order valence-electron chi connectivity index (χ3n) is 4.19. The van der Waals surface area contributed by atoms with Crippen LogP contribution in [0.1, 0.15) is 19.3 Å². The van der Waals surface area contributed by atoms with E-state index in [2.05, 4.69) is 34.6 Å². The van der Waals surface area contributed by atoms with Gasteiger partial charge >= 0.3 is 0 Å². The number of aliphatic imine (C=N–C) groups is 1. The molecule has 4 heteroatoms. The van der Waals surface area contributed by atoms with Crippen LogP contribution < -0.4 is 5.32 Å². The molecule has 2 heterocycles. The highest BCUT2D eigenvalue weighted by molar-refractivity contribution is 8.14. The summed E-state index contributed by atoms with van der Waals surface area (Å²) in [5.74, 6) is 2.03. The van der Waals surface area contributed by atoms with E-state index in [9.17, 15) is 0 Å². The zero-order valence-electron chi connectivity index (χ0n) is 11.2. The van der Waals surface area contributed by atoms with Crippen molar-refractivity contribution in [2.75, 3.05) is 11.1 Å². The summed E-state index contributed by atoms with van der Waals surface area (Å²) in [4.78, 5) is 9.22. The Bertz CT molecular complexity index is 668. The number of hydrogen-bond donors (Lipinski definition) is 1. The Labute approximate surface area is 122 Å². The van der Waals surface area contributed by atoms with Crippen LogP contribution >= 0.6 is 11.8 Å². The largest absolute Gasteiger partial charge is 0.335 e. The van der Waals surface area contributed by atoms with Gasteiger partial charge in [-0.25, -0.2) is 0 Å². The summed E-state index contributed by atoms with van der Waals surface area (Å²) in [5, 5.41) is 5.72. The molecule has 2 aromatic rings. The Hall–Kier alpha value is -1.55. The number of amidine groups is 1. The molecule has 3 nitrogen and oxygen atoms in total. The van der Waals surface area contributed by atoms with Gasteiger partial charge in [0.2, 0.25) is 0 Å². The zero-order valence-corrected chi connectivity index (χ0v) is 12.1. The Morgan fingerprint density at radius 2 is 2.20 bits per heavy atom. The maximum Gasteiger partial charge on any atom is 0.161 e. The maximum absolute atomic E-state index is 4.87. The predicted octanol–water partition coefficient (Wildman–Crippen LogP) is 3.92. The molecule has 0 radical (unpaired) electrons. The van der Waals surface area contributed by atoms with Crippen LogP contribution in [0.25, 0.3) is 10.9 Å². The van der Waals surface area contributed by atoms with Crippen LogP contribution in [0.2, 0.25) is 0 Å². The van der Waals surface area contributed by atoms with Gasteiger partial charge in [-0.2, -0.15) is 0 Å². The van der Waals surface area contributed by atoms with Crippen LogP contribution in [0.5, 0.6) is 0 Å². The molecule has 2 atom stereocenters. The average Bonchev–Trinajstić information content (AvgIpc) is 2.95. The van der Waals surface area contributed by atoms with Gasteiger partial charge in [-0.1, -0.05) is 24.2 Å². The van der Waals surface area contributed by atoms with Crippen LogP contribution in [0.3, 0.4) is 0 Å². The average molecular weight is 283 g/mol. The Morgan fingerprint density at radius 3 is 3.20 bits per heavy atom. The second-order valence-corrected chi connectivity index (χ2v) is 6.55. The number of hydrogen-bond acceptors (Lipinski definition) is 4. The van der Waals surface area contributed by atoms with Crippen molar-refractivity contribution in [2.45, 2.75) is 25.3 Å². The van der Waals surface area contributed by atoms with Gasteiger partial charge in [0.15, 0.2) is 5.17 Å². The van der Waals surface area contributed by atoms with Crippen molar-refractivity contribution in [3.63, 3.8) is 0 Å². The van der Waals surface area contributed by atoms with Crippen molar-refractivity contribution in [1.29, 1.82) is 0 Å². The number of anilines is 1. The lowest BCUT2D eigenvalue weighted by molar-refractivity contribution is 0.535. The summed E-state index contributed by atoms with van der Waals surface area (Å²) in [6.45, 7) is 0. The second kappa shape index (κ2) is 5.09. The van der Waals surface area contributed by atoms with E-state index in [1.54, 1.807) is 0 Å². The van der Waals surface area contributed by atoms with E-state index in [0.29, 0.717) is 6.04 Å². The lowest BCUT2D eigenvalue weighted by atomic mass is 10.1. The van der Waals surface area contributed by atoms with Gasteiger partial charge in [-0.3, -0.25) is 9.98 Å². The van der Waals surface area contributed by atoms with Crippen LogP contribution in [0.4, 0.5) is 5.69 Å². The lowest BCUT2D eigenvalue weighted by Gasteiger charge is -2.23. The van der Waals surface area contributed by atoms with Gasteiger partial charge in [0.05, 0.1) is 11.6 Å². The Morgan fingerprint density at radius 1 is 1.20 bits per heavy atom. The molecule has 1 aromatic heterocycles. The molecule has 0 amide bonds. The molecule has 102 valence electrons. The monoisotopic (exact) mass is 283 g/mol. The molecule has 4 rings (SSSR count). The lowest BCUT2D eigenvalue weighted by Crippen LogP contribution is -2.25. The first-order valence-electron chi connectivity index (χ1n) is 7.21. The highest BCUT2D eigenvalue weighted by Crippen LogP contribution is 2.35. The minimum Gasteiger partial charge on any atom is -0.335 e. The number of nitrogens with zero attached hydrogens (tertiary/aromatic N) is 2. The minimum atomic E-state index is 0.556. The van der Waals surface area contributed by atoms with Gasteiger partial charge in [0.1, 0.15) is 0 Å². The van der Waals surface area contributed by atoms with Gasteiger partial charge in [0, 0.05) is 23.0 Å². The van der Waals surface area contributed by atoms with E-state index < -0.39 is 0 Å². The topological polar surface area (TPSA) is 37.3 Å². The Kier molecular flexibility index (Phi) is 3.11. The molecular weight excluding hydrogens is 266 g/mol. The van der Waals surface area contributed by atoms with Crippen LogP contribution in [0, 0.1) is 5.92 Å². The summed E-state index contributed by atoms with van der Waals surface area (Å²) < 4.78 is 0.